The maximum absolute atomic E-state index is 14.3. The molecule has 0 spiro atoms. The van der Waals surface area contributed by atoms with E-state index in [-0.39, 0.29) is 5.82 Å². The summed E-state index contributed by atoms with van der Waals surface area (Å²) >= 11 is 0. The molecule has 1 aliphatic carbocycles. The third-order valence-electron chi connectivity index (χ3n) is 4.13. The highest BCUT2D eigenvalue weighted by Gasteiger charge is 2.18. The van der Waals surface area contributed by atoms with E-state index < -0.39 is 0 Å². The summed E-state index contributed by atoms with van der Waals surface area (Å²) in [6, 6.07) is 4.17. The molecule has 0 radical (unpaired) electrons. The molecule has 1 N–H and O–H groups in total. The number of hydrogen-bond acceptors (Lipinski definition) is 2. The summed E-state index contributed by atoms with van der Waals surface area (Å²) in [5.41, 5.74) is 1.81. The number of fused-ring (bicyclic) bond motifs is 1. The first kappa shape index (κ1) is 12.5. The van der Waals surface area contributed by atoms with Gasteiger partial charge in [-0.05, 0) is 42.3 Å². The van der Waals surface area contributed by atoms with E-state index in [0.717, 1.165) is 28.3 Å². The maximum atomic E-state index is 14.3. The Kier molecular flexibility index (Phi) is 3.47. The average molecular weight is 258 g/mol. The third-order valence-corrected chi connectivity index (χ3v) is 4.13. The van der Waals surface area contributed by atoms with Crippen LogP contribution in [0.3, 0.4) is 0 Å². The highest BCUT2D eigenvalue weighted by atomic mass is 19.1. The first-order valence-electron chi connectivity index (χ1n) is 7.07. The largest absolute Gasteiger partial charge is 0.310 e. The third kappa shape index (κ3) is 2.35. The lowest BCUT2D eigenvalue weighted by atomic mass is 9.92. The fourth-order valence-corrected chi connectivity index (χ4v) is 2.69. The fraction of sp³-hybridized carbons (Fsp3) is 0.438. The molecule has 1 aromatic heterocycles. The Bertz CT molecular complexity index is 591. The fourth-order valence-electron chi connectivity index (χ4n) is 2.69. The molecule has 1 fully saturated rings. The quantitative estimate of drug-likeness (QED) is 0.906. The van der Waals surface area contributed by atoms with Crippen LogP contribution in [0.1, 0.15) is 37.3 Å². The number of nitrogens with one attached hydrogen (secondary N) is 1. The Morgan fingerprint density at radius 2 is 2.21 bits per heavy atom. The molecule has 1 heterocycles. The van der Waals surface area contributed by atoms with Gasteiger partial charge in [0.2, 0.25) is 0 Å². The maximum Gasteiger partial charge on any atom is 0.128 e. The minimum absolute atomic E-state index is 0.0950. The second kappa shape index (κ2) is 5.25. The van der Waals surface area contributed by atoms with Crippen molar-refractivity contribution in [1.82, 2.24) is 10.3 Å². The Labute approximate surface area is 113 Å². The standard InChI is InChI=1S/C16H19FN2/c1-2-11-8-16(17)15(10-19-12-4-3-5-12)13-6-7-18-9-14(11)13/h6-9,12,19H,2-5,10H2,1H3. The molecule has 19 heavy (non-hydrogen) atoms. The Morgan fingerprint density at radius 1 is 1.37 bits per heavy atom. The SMILES string of the molecule is CCc1cc(F)c(CNC2CCC2)c2ccncc12. The smallest absolute Gasteiger partial charge is 0.128 e. The molecule has 0 aliphatic heterocycles. The van der Waals surface area contributed by atoms with Gasteiger partial charge >= 0.3 is 0 Å². The van der Waals surface area contributed by atoms with Crippen molar-refractivity contribution in [2.75, 3.05) is 0 Å². The van der Waals surface area contributed by atoms with E-state index in [4.69, 9.17) is 0 Å². The summed E-state index contributed by atoms with van der Waals surface area (Å²) in [5.74, 6) is -0.0950. The van der Waals surface area contributed by atoms with Gasteiger partial charge in [-0.2, -0.15) is 0 Å². The molecule has 0 bridgehead atoms. The van der Waals surface area contributed by atoms with Crippen molar-refractivity contribution in [3.8, 4) is 0 Å². The summed E-state index contributed by atoms with van der Waals surface area (Å²) in [6.07, 6.45) is 8.14. The Balaban J connectivity index is 1.99. The topological polar surface area (TPSA) is 24.9 Å². The lowest BCUT2D eigenvalue weighted by Gasteiger charge is -2.27. The predicted molar refractivity (Wildman–Crippen MR) is 75.6 cm³/mol. The molecule has 2 nitrogen and oxygen atoms in total. The molecule has 3 heteroatoms. The number of pyridine rings is 1. The van der Waals surface area contributed by atoms with Crippen molar-refractivity contribution < 1.29 is 4.39 Å². The zero-order chi connectivity index (χ0) is 13.2. The van der Waals surface area contributed by atoms with Crippen LogP contribution in [0, 0.1) is 5.82 Å². The van der Waals surface area contributed by atoms with E-state index in [9.17, 15) is 4.39 Å². The first-order chi connectivity index (χ1) is 9.29. The highest BCUT2D eigenvalue weighted by Crippen LogP contribution is 2.26. The molecule has 3 rings (SSSR count). The molecule has 0 unspecified atom stereocenters. The molecule has 0 atom stereocenters. The van der Waals surface area contributed by atoms with Crippen molar-refractivity contribution in [1.29, 1.82) is 0 Å². The van der Waals surface area contributed by atoms with Gasteiger partial charge in [0.05, 0.1) is 0 Å². The van der Waals surface area contributed by atoms with E-state index in [0.29, 0.717) is 12.6 Å². The lowest BCUT2D eigenvalue weighted by Crippen LogP contribution is -2.34. The van der Waals surface area contributed by atoms with Crippen LogP contribution in [0.4, 0.5) is 4.39 Å². The van der Waals surface area contributed by atoms with Crippen LogP contribution >= 0.6 is 0 Å². The van der Waals surface area contributed by atoms with Gasteiger partial charge in [0, 0.05) is 35.9 Å². The second-order valence-corrected chi connectivity index (χ2v) is 5.28. The van der Waals surface area contributed by atoms with Gasteiger partial charge in [-0.3, -0.25) is 4.98 Å². The van der Waals surface area contributed by atoms with Crippen molar-refractivity contribution in [3.05, 3.63) is 41.5 Å². The minimum atomic E-state index is -0.0950. The van der Waals surface area contributed by atoms with Crippen LogP contribution in [0.15, 0.2) is 24.5 Å². The zero-order valence-electron chi connectivity index (χ0n) is 11.2. The average Bonchev–Trinajstić information content (AvgIpc) is 2.38. The van der Waals surface area contributed by atoms with Crippen molar-refractivity contribution >= 4 is 10.8 Å². The number of nitrogens with zero attached hydrogens (tertiary/aromatic N) is 1. The van der Waals surface area contributed by atoms with Gasteiger partial charge in [0.1, 0.15) is 5.82 Å². The first-order valence-corrected chi connectivity index (χ1v) is 7.07. The van der Waals surface area contributed by atoms with Gasteiger partial charge in [0.15, 0.2) is 0 Å². The summed E-state index contributed by atoms with van der Waals surface area (Å²) in [4.78, 5) is 4.17. The molecule has 1 aromatic carbocycles. The van der Waals surface area contributed by atoms with Crippen LogP contribution < -0.4 is 5.32 Å². The van der Waals surface area contributed by atoms with E-state index in [1.807, 2.05) is 19.2 Å². The molecule has 0 amide bonds. The molecular formula is C16H19FN2. The number of rotatable bonds is 4. The molecule has 0 saturated heterocycles. The highest BCUT2D eigenvalue weighted by molar-refractivity contribution is 5.88. The summed E-state index contributed by atoms with van der Waals surface area (Å²) < 4.78 is 14.3. The molecule has 2 aromatic rings. The van der Waals surface area contributed by atoms with E-state index in [2.05, 4.69) is 10.3 Å². The number of aryl methyl sites for hydroxylation is 1. The number of hydrogen-bond donors (Lipinski definition) is 1. The van der Waals surface area contributed by atoms with Crippen molar-refractivity contribution in [2.24, 2.45) is 0 Å². The molecular weight excluding hydrogens is 239 g/mol. The van der Waals surface area contributed by atoms with E-state index in [1.54, 1.807) is 12.3 Å². The van der Waals surface area contributed by atoms with Crippen molar-refractivity contribution in [2.45, 2.75) is 45.2 Å². The van der Waals surface area contributed by atoms with E-state index >= 15 is 0 Å². The number of aromatic nitrogens is 1. The minimum Gasteiger partial charge on any atom is -0.310 e. The van der Waals surface area contributed by atoms with Gasteiger partial charge < -0.3 is 5.32 Å². The van der Waals surface area contributed by atoms with Crippen LogP contribution in [-0.2, 0) is 13.0 Å². The lowest BCUT2D eigenvalue weighted by molar-refractivity contribution is 0.337. The van der Waals surface area contributed by atoms with Gasteiger partial charge in [-0.15, -0.1) is 0 Å². The molecule has 1 aliphatic rings. The number of benzene rings is 1. The molecule has 100 valence electrons. The van der Waals surface area contributed by atoms with Gasteiger partial charge in [0.25, 0.3) is 0 Å². The second-order valence-electron chi connectivity index (χ2n) is 5.28. The van der Waals surface area contributed by atoms with Gasteiger partial charge in [-0.1, -0.05) is 13.3 Å². The van der Waals surface area contributed by atoms with Crippen molar-refractivity contribution in [3.63, 3.8) is 0 Å². The van der Waals surface area contributed by atoms with Crippen LogP contribution in [0.5, 0.6) is 0 Å². The Hall–Kier alpha value is -1.48. The van der Waals surface area contributed by atoms with Crippen LogP contribution in [0.25, 0.3) is 10.8 Å². The van der Waals surface area contributed by atoms with Gasteiger partial charge in [-0.25, -0.2) is 4.39 Å². The van der Waals surface area contributed by atoms with E-state index in [1.165, 1.54) is 19.3 Å². The normalized spacial score (nSPS) is 15.7. The monoisotopic (exact) mass is 258 g/mol. The zero-order valence-corrected chi connectivity index (χ0v) is 11.2. The summed E-state index contributed by atoms with van der Waals surface area (Å²) in [5, 5.41) is 5.52. The predicted octanol–water partition coefficient (Wildman–Crippen LogP) is 3.58. The number of halogens is 1. The summed E-state index contributed by atoms with van der Waals surface area (Å²) in [7, 11) is 0. The Morgan fingerprint density at radius 3 is 2.89 bits per heavy atom. The summed E-state index contributed by atoms with van der Waals surface area (Å²) in [6.45, 7) is 2.66. The van der Waals surface area contributed by atoms with Crippen LogP contribution in [-0.4, -0.2) is 11.0 Å². The van der Waals surface area contributed by atoms with Crippen LogP contribution in [0.2, 0.25) is 0 Å². The molecule has 1 saturated carbocycles.